The zero-order chi connectivity index (χ0) is 20.4. The molecular formula is C22H14FNO5. The van der Waals surface area contributed by atoms with Gasteiger partial charge in [0.25, 0.3) is 5.69 Å². The molecule has 1 heterocycles. The number of halogens is 1. The fraction of sp³-hybridized carbons (Fsp3) is 0.0455. The van der Waals surface area contributed by atoms with Gasteiger partial charge >= 0.3 is 0 Å². The van der Waals surface area contributed by atoms with Crippen LogP contribution in [-0.4, -0.2) is 10.7 Å². The summed E-state index contributed by atoms with van der Waals surface area (Å²) in [6.45, 7) is 0.205. The molecule has 144 valence electrons. The van der Waals surface area contributed by atoms with Crippen LogP contribution in [-0.2, 0) is 6.61 Å². The predicted molar refractivity (Wildman–Crippen MR) is 103 cm³/mol. The fourth-order valence-electron chi connectivity index (χ4n) is 2.89. The maximum Gasteiger partial charge on any atom is 0.269 e. The third kappa shape index (κ3) is 3.98. The highest BCUT2D eigenvalue weighted by atomic mass is 19.1. The lowest BCUT2D eigenvalue weighted by atomic mass is 10.1. The molecule has 3 aromatic rings. The third-order valence-corrected chi connectivity index (χ3v) is 4.34. The molecule has 0 saturated carbocycles. The zero-order valence-corrected chi connectivity index (χ0v) is 15.0. The number of non-ortho nitro benzene ring substituents is 1. The van der Waals surface area contributed by atoms with Gasteiger partial charge in [-0.05, 0) is 53.6 Å². The van der Waals surface area contributed by atoms with Gasteiger partial charge in [0, 0.05) is 18.2 Å². The molecule has 0 fully saturated rings. The predicted octanol–water partition coefficient (Wildman–Crippen LogP) is 4.93. The normalized spacial score (nSPS) is 13.8. The summed E-state index contributed by atoms with van der Waals surface area (Å²) >= 11 is 0. The van der Waals surface area contributed by atoms with E-state index in [1.54, 1.807) is 42.5 Å². The molecule has 6 nitrogen and oxygen atoms in total. The molecule has 0 atom stereocenters. The number of nitro benzene ring substituents is 1. The largest absolute Gasteiger partial charge is 0.489 e. The first-order valence-electron chi connectivity index (χ1n) is 8.69. The van der Waals surface area contributed by atoms with Gasteiger partial charge in [-0.3, -0.25) is 14.9 Å². The number of Topliss-reactive ketones (excluding diaryl/α,β-unsaturated/α-hetero) is 1. The Kier molecular flexibility index (Phi) is 4.78. The summed E-state index contributed by atoms with van der Waals surface area (Å²) in [5.74, 6) is 0.273. The van der Waals surface area contributed by atoms with Crippen molar-refractivity contribution in [2.75, 3.05) is 0 Å². The number of ether oxygens (including phenoxy) is 2. The Morgan fingerprint density at radius 3 is 2.59 bits per heavy atom. The quantitative estimate of drug-likeness (QED) is 0.350. The number of carbonyl (C=O) groups is 1. The number of fused-ring (bicyclic) bond motifs is 1. The van der Waals surface area contributed by atoms with Crippen molar-refractivity contribution < 1.29 is 23.6 Å². The van der Waals surface area contributed by atoms with Crippen LogP contribution in [0.25, 0.3) is 6.08 Å². The van der Waals surface area contributed by atoms with Crippen LogP contribution >= 0.6 is 0 Å². The number of allylic oxidation sites excluding steroid dienone is 1. The van der Waals surface area contributed by atoms with Gasteiger partial charge in [0.05, 0.1) is 10.5 Å². The third-order valence-electron chi connectivity index (χ3n) is 4.34. The Bertz CT molecular complexity index is 1140. The van der Waals surface area contributed by atoms with E-state index in [1.807, 2.05) is 0 Å². The van der Waals surface area contributed by atoms with E-state index in [-0.39, 0.29) is 23.8 Å². The molecule has 0 aliphatic carbocycles. The van der Waals surface area contributed by atoms with Crippen molar-refractivity contribution >= 4 is 17.5 Å². The van der Waals surface area contributed by atoms with Crippen LogP contribution in [0.1, 0.15) is 21.5 Å². The Hall–Kier alpha value is -4.00. The summed E-state index contributed by atoms with van der Waals surface area (Å²) in [4.78, 5) is 22.7. The minimum Gasteiger partial charge on any atom is -0.489 e. The first-order chi connectivity index (χ1) is 14.0. The molecule has 0 N–H and O–H groups in total. The van der Waals surface area contributed by atoms with Crippen LogP contribution in [0.15, 0.2) is 72.5 Å². The summed E-state index contributed by atoms with van der Waals surface area (Å²) in [6, 6.07) is 16.8. The lowest BCUT2D eigenvalue weighted by Gasteiger charge is -2.07. The summed E-state index contributed by atoms with van der Waals surface area (Å²) in [5.41, 5.74) is 1.70. The molecule has 7 heteroatoms. The van der Waals surface area contributed by atoms with Crippen molar-refractivity contribution in [3.05, 3.63) is 105 Å². The van der Waals surface area contributed by atoms with Crippen LogP contribution in [0.5, 0.6) is 11.5 Å². The maximum atomic E-state index is 13.3. The molecule has 0 bridgehead atoms. The molecular weight excluding hydrogens is 377 g/mol. The fourth-order valence-corrected chi connectivity index (χ4v) is 2.89. The molecule has 1 aliphatic rings. The molecule has 3 aromatic carbocycles. The zero-order valence-electron chi connectivity index (χ0n) is 15.0. The second-order valence-electron chi connectivity index (χ2n) is 6.36. The summed E-state index contributed by atoms with van der Waals surface area (Å²) in [5, 5.41) is 10.7. The topological polar surface area (TPSA) is 78.7 Å². The molecule has 0 spiro atoms. The highest BCUT2D eigenvalue weighted by Gasteiger charge is 2.27. The standard InChI is InChI=1S/C22H14FNO5/c23-16-3-1-2-15(10-16)11-21-22(25)19-9-8-18(12-20(19)29-21)28-13-14-4-6-17(7-5-14)24(26)27/h1-12H,13H2/b21-11-. The minimum absolute atomic E-state index is 0.0100. The van der Waals surface area contributed by atoms with Crippen molar-refractivity contribution in [1.29, 1.82) is 0 Å². The van der Waals surface area contributed by atoms with Gasteiger partial charge in [0.2, 0.25) is 5.78 Å². The molecule has 0 saturated heterocycles. The van der Waals surface area contributed by atoms with Gasteiger partial charge in [-0.25, -0.2) is 4.39 Å². The smallest absolute Gasteiger partial charge is 0.269 e. The van der Waals surface area contributed by atoms with E-state index in [0.29, 0.717) is 22.6 Å². The van der Waals surface area contributed by atoms with E-state index in [1.165, 1.54) is 30.3 Å². The van der Waals surface area contributed by atoms with Gasteiger partial charge < -0.3 is 9.47 Å². The molecule has 0 aromatic heterocycles. The second kappa shape index (κ2) is 7.55. The Morgan fingerprint density at radius 1 is 1.07 bits per heavy atom. The van der Waals surface area contributed by atoms with Crippen LogP contribution in [0.4, 0.5) is 10.1 Å². The monoisotopic (exact) mass is 391 g/mol. The Labute approximate surface area is 165 Å². The van der Waals surface area contributed by atoms with Gasteiger partial charge in [0.15, 0.2) is 5.76 Å². The highest BCUT2D eigenvalue weighted by molar-refractivity contribution is 6.14. The van der Waals surface area contributed by atoms with Gasteiger partial charge in [-0.15, -0.1) is 0 Å². The molecule has 29 heavy (non-hydrogen) atoms. The highest BCUT2D eigenvalue weighted by Crippen LogP contribution is 2.35. The van der Waals surface area contributed by atoms with E-state index in [9.17, 15) is 19.3 Å². The van der Waals surface area contributed by atoms with Crippen LogP contribution < -0.4 is 9.47 Å². The lowest BCUT2D eigenvalue weighted by Crippen LogP contribution is -1.98. The van der Waals surface area contributed by atoms with Crippen LogP contribution in [0.3, 0.4) is 0 Å². The Morgan fingerprint density at radius 2 is 1.86 bits per heavy atom. The molecule has 0 unspecified atom stereocenters. The van der Waals surface area contributed by atoms with Crippen LogP contribution in [0, 0.1) is 15.9 Å². The van der Waals surface area contributed by atoms with Crippen molar-refractivity contribution in [3.8, 4) is 11.5 Å². The van der Waals surface area contributed by atoms with E-state index in [0.717, 1.165) is 5.56 Å². The molecule has 4 rings (SSSR count). The minimum atomic E-state index is -0.464. The Balaban J connectivity index is 1.48. The molecule has 1 aliphatic heterocycles. The van der Waals surface area contributed by atoms with Crippen molar-refractivity contribution in [3.63, 3.8) is 0 Å². The number of carbonyl (C=O) groups excluding carboxylic acids is 1. The van der Waals surface area contributed by atoms with Crippen molar-refractivity contribution in [2.24, 2.45) is 0 Å². The number of nitro groups is 1. The number of nitrogens with zero attached hydrogens (tertiary/aromatic N) is 1. The first-order valence-corrected chi connectivity index (χ1v) is 8.69. The summed E-state index contributed by atoms with van der Waals surface area (Å²) < 4.78 is 24.7. The number of rotatable bonds is 5. The second-order valence-corrected chi connectivity index (χ2v) is 6.36. The van der Waals surface area contributed by atoms with Crippen LogP contribution in [0.2, 0.25) is 0 Å². The average molecular weight is 391 g/mol. The van der Waals surface area contributed by atoms with E-state index in [4.69, 9.17) is 9.47 Å². The molecule has 0 radical (unpaired) electrons. The van der Waals surface area contributed by atoms with Crippen molar-refractivity contribution in [1.82, 2.24) is 0 Å². The summed E-state index contributed by atoms with van der Waals surface area (Å²) in [6.07, 6.45) is 1.49. The van der Waals surface area contributed by atoms with Gasteiger partial charge in [-0.1, -0.05) is 12.1 Å². The SMILES string of the molecule is O=C1/C(=C/c2cccc(F)c2)Oc2cc(OCc3ccc([N+](=O)[O-])cc3)ccc21. The first kappa shape index (κ1) is 18.4. The van der Waals surface area contributed by atoms with Crippen molar-refractivity contribution in [2.45, 2.75) is 6.61 Å². The number of hydrogen-bond donors (Lipinski definition) is 0. The van der Waals surface area contributed by atoms with Gasteiger partial charge in [0.1, 0.15) is 23.9 Å². The number of hydrogen-bond acceptors (Lipinski definition) is 5. The lowest BCUT2D eigenvalue weighted by molar-refractivity contribution is -0.384. The average Bonchev–Trinajstić information content (AvgIpc) is 3.01. The summed E-state index contributed by atoms with van der Waals surface area (Å²) in [7, 11) is 0. The maximum absolute atomic E-state index is 13.3. The van der Waals surface area contributed by atoms with E-state index < -0.39 is 10.7 Å². The number of benzene rings is 3. The van der Waals surface area contributed by atoms with E-state index >= 15 is 0 Å². The van der Waals surface area contributed by atoms with Gasteiger partial charge in [-0.2, -0.15) is 0 Å². The van der Waals surface area contributed by atoms with E-state index in [2.05, 4.69) is 0 Å². The molecule has 0 amide bonds. The number of ketones is 1.